The van der Waals surface area contributed by atoms with Crippen LogP contribution >= 0.6 is 11.3 Å². The van der Waals surface area contributed by atoms with Gasteiger partial charge in [0, 0.05) is 59.8 Å². The number of nitrogens with zero attached hydrogens (tertiary/aromatic N) is 2. The number of halogens is 2. The predicted octanol–water partition coefficient (Wildman–Crippen LogP) is 8.26. The number of hydrogen-bond acceptors (Lipinski definition) is 6. The van der Waals surface area contributed by atoms with Crippen molar-refractivity contribution >= 4 is 45.7 Å². The minimum Gasteiger partial charge on any atom is -0.478 e. The van der Waals surface area contributed by atoms with Crippen molar-refractivity contribution in [1.29, 1.82) is 0 Å². The van der Waals surface area contributed by atoms with Crippen molar-refractivity contribution in [2.75, 3.05) is 23.7 Å². The molecule has 0 saturated carbocycles. The number of amides is 3. The number of nitrogens with one attached hydrogen (secondary N) is 2. The fraction of sp³-hybridized carbons (Fsp3) is 0.395. The van der Waals surface area contributed by atoms with E-state index in [0.717, 1.165) is 91.7 Å². The number of piperazine rings is 1. The molecule has 0 spiro atoms. The molecular formula is C43H46F2N4O5S. The third kappa shape index (κ3) is 8.65. The van der Waals surface area contributed by atoms with Crippen LogP contribution < -0.4 is 10.6 Å². The molecule has 2 aliphatic heterocycles. The van der Waals surface area contributed by atoms with Crippen LogP contribution in [0.5, 0.6) is 0 Å². The maximum atomic E-state index is 15.3. The van der Waals surface area contributed by atoms with Crippen LogP contribution in [0.3, 0.4) is 0 Å². The average Bonchev–Trinajstić information content (AvgIpc) is 3.67. The predicted molar refractivity (Wildman–Crippen MR) is 209 cm³/mol. The molecule has 2 fully saturated rings. The van der Waals surface area contributed by atoms with Crippen LogP contribution in [0.15, 0.2) is 60.7 Å². The van der Waals surface area contributed by atoms with E-state index in [0.29, 0.717) is 41.9 Å². The van der Waals surface area contributed by atoms with Crippen molar-refractivity contribution in [2.45, 2.75) is 96.2 Å². The zero-order valence-corrected chi connectivity index (χ0v) is 31.8. The summed E-state index contributed by atoms with van der Waals surface area (Å²) in [7, 11) is 0. The van der Waals surface area contributed by atoms with Gasteiger partial charge in [0.05, 0.1) is 11.1 Å². The van der Waals surface area contributed by atoms with Gasteiger partial charge < -0.3 is 20.6 Å². The van der Waals surface area contributed by atoms with E-state index < -0.39 is 23.5 Å². The fourth-order valence-electron chi connectivity index (χ4n) is 8.31. The maximum Gasteiger partial charge on any atom is 0.335 e. The van der Waals surface area contributed by atoms with Gasteiger partial charge in [-0.2, -0.15) is 0 Å². The number of anilines is 2. The number of carbonyl (C=O) groups excluding carboxylic acids is 3. The largest absolute Gasteiger partial charge is 0.478 e. The molecule has 3 amide bonds. The normalized spacial score (nSPS) is 17.8. The van der Waals surface area contributed by atoms with E-state index in [1.807, 2.05) is 18.2 Å². The molecule has 1 aromatic heterocycles. The quantitative estimate of drug-likeness (QED) is 0.126. The molecule has 1 aliphatic carbocycles. The minimum absolute atomic E-state index is 0.0325. The smallest absolute Gasteiger partial charge is 0.335 e. The van der Waals surface area contributed by atoms with E-state index in [4.69, 9.17) is 5.11 Å². The summed E-state index contributed by atoms with van der Waals surface area (Å²) >= 11 is 1.37. The minimum atomic E-state index is -1.05. The second kappa shape index (κ2) is 16.8. The fourth-order valence-corrected chi connectivity index (χ4v) is 9.59. The molecule has 0 unspecified atom stereocenters. The van der Waals surface area contributed by atoms with E-state index in [1.165, 1.54) is 23.5 Å². The Bertz CT molecular complexity index is 2060. The number of thiophene rings is 1. The van der Waals surface area contributed by atoms with E-state index in [9.17, 15) is 19.2 Å². The van der Waals surface area contributed by atoms with Gasteiger partial charge in [-0.3, -0.25) is 19.3 Å². The summed E-state index contributed by atoms with van der Waals surface area (Å²) in [4.78, 5) is 57.1. The third-order valence-corrected chi connectivity index (χ3v) is 12.3. The van der Waals surface area contributed by atoms with Crippen LogP contribution in [-0.4, -0.2) is 63.8 Å². The number of fused-ring (bicyclic) bond motifs is 3. The SMILES string of the molecule is CCCCC(=O)N1[C@@H]2CC[C@H]1CN(Cc1cccc(C(=O)Nc3sc4c(c3C(=O)Nc3cc(F)c(CCc5ccc(C(=O)O)cc5)c(F)c3)CCCC4)c1)C2. The molecule has 288 valence electrons. The molecule has 2 saturated heterocycles. The van der Waals surface area contributed by atoms with Crippen LogP contribution in [-0.2, 0) is 37.0 Å². The molecule has 9 nitrogen and oxygen atoms in total. The number of carboxylic acids is 1. The van der Waals surface area contributed by atoms with Crippen LogP contribution in [0.25, 0.3) is 0 Å². The number of hydrogen-bond donors (Lipinski definition) is 3. The Kier molecular flexibility index (Phi) is 11.7. The van der Waals surface area contributed by atoms with Gasteiger partial charge in [-0.05, 0) is 111 Å². The number of carboxylic acid groups (broad SMARTS) is 1. The number of unbranched alkanes of at least 4 members (excludes halogenated alkanes) is 1. The first-order valence-corrected chi connectivity index (χ1v) is 20.1. The summed E-state index contributed by atoms with van der Waals surface area (Å²) in [5, 5.41) is 15.2. The van der Waals surface area contributed by atoms with Crippen LogP contribution in [0.1, 0.15) is 110 Å². The Morgan fingerprint density at radius 3 is 2.24 bits per heavy atom. The highest BCUT2D eigenvalue weighted by Crippen LogP contribution is 2.39. The van der Waals surface area contributed by atoms with E-state index in [-0.39, 0.29) is 47.1 Å². The van der Waals surface area contributed by atoms with Crippen LogP contribution in [0, 0.1) is 11.6 Å². The van der Waals surface area contributed by atoms with Crippen molar-refractivity contribution in [2.24, 2.45) is 0 Å². The molecule has 3 aromatic carbocycles. The Morgan fingerprint density at radius 1 is 0.836 bits per heavy atom. The van der Waals surface area contributed by atoms with E-state index in [2.05, 4.69) is 27.4 Å². The molecule has 2 bridgehead atoms. The van der Waals surface area contributed by atoms with Gasteiger partial charge in [-0.25, -0.2) is 13.6 Å². The molecule has 3 N–H and O–H groups in total. The third-order valence-electron chi connectivity index (χ3n) is 11.1. The van der Waals surface area contributed by atoms with Crippen LogP contribution in [0.4, 0.5) is 19.5 Å². The van der Waals surface area contributed by atoms with E-state index >= 15 is 8.78 Å². The lowest BCUT2D eigenvalue weighted by atomic mass is 9.95. The lowest BCUT2D eigenvalue weighted by Crippen LogP contribution is -2.55. The molecule has 3 aliphatic rings. The Morgan fingerprint density at radius 2 is 1.55 bits per heavy atom. The highest BCUT2D eigenvalue weighted by Gasteiger charge is 2.42. The number of likely N-dealkylation sites (tertiary alicyclic amines) is 1. The van der Waals surface area contributed by atoms with E-state index in [1.54, 1.807) is 18.2 Å². The van der Waals surface area contributed by atoms with Crippen molar-refractivity contribution < 1.29 is 33.1 Å². The first-order valence-electron chi connectivity index (χ1n) is 19.3. The number of carbonyl (C=O) groups is 4. The standard InChI is InChI=1S/C43H46F2N4O5S/c1-2-3-11-38(50)49-31-17-18-32(49)25-48(24-31)23-27-7-6-8-29(20-27)40(51)47-42-39(34-9-4-5-10-37(34)55-42)41(52)46-30-21-35(44)33(36(45)22-30)19-14-26-12-15-28(16-13-26)43(53)54/h6-8,12-13,15-16,20-22,31-32H,2-5,9-11,14,17-19,23-25H2,1H3,(H,46,52)(H,47,51)(H,53,54)/t31-,32+. The van der Waals surface area contributed by atoms with Crippen molar-refractivity contribution in [3.05, 3.63) is 116 Å². The molecule has 55 heavy (non-hydrogen) atoms. The zero-order valence-electron chi connectivity index (χ0n) is 31.0. The molecule has 7 rings (SSSR count). The second-order valence-corrected chi connectivity index (χ2v) is 16.0. The van der Waals surface area contributed by atoms with Crippen molar-refractivity contribution in [3.63, 3.8) is 0 Å². The van der Waals surface area contributed by atoms with Gasteiger partial charge in [0.15, 0.2) is 0 Å². The monoisotopic (exact) mass is 768 g/mol. The summed E-state index contributed by atoms with van der Waals surface area (Å²) in [5.74, 6) is -3.27. The summed E-state index contributed by atoms with van der Waals surface area (Å²) < 4.78 is 30.5. The summed E-state index contributed by atoms with van der Waals surface area (Å²) in [6.45, 7) is 4.39. The lowest BCUT2D eigenvalue weighted by molar-refractivity contribution is -0.137. The maximum absolute atomic E-state index is 15.3. The summed E-state index contributed by atoms with van der Waals surface area (Å²) in [5.41, 5.74) is 3.33. The Labute approximate surface area is 323 Å². The summed E-state index contributed by atoms with van der Waals surface area (Å²) in [6, 6.07) is 16.3. The van der Waals surface area contributed by atoms with Crippen LogP contribution in [0.2, 0.25) is 0 Å². The molecule has 3 heterocycles. The second-order valence-electron chi connectivity index (χ2n) is 14.9. The first kappa shape index (κ1) is 38.3. The average molecular weight is 769 g/mol. The highest BCUT2D eigenvalue weighted by atomic mass is 32.1. The Hall–Kier alpha value is -4.94. The zero-order chi connectivity index (χ0) is 38.6. The number of aryl methyl sites for hydroxylation is 2. The van der Waals surface area contributed by atoms with Gasteiger partial charge in [0.25, 0.3) is 11.8 Å². The van der Waals surface area contributed by atoms with Gasteiger partial charge in [-0.15, -0.1) is 11.3 Å². The Balaban J connectivity index is 1.02. The van der Waals surface area contributed by atoms with Gasteiger partial charge in [0.1, 0.15) is 16.6 Å². The molecule has 2 atom stereocenters. The van der Waals surface area contributed by atoms with Crippen molar-refractivity contribution in [1.82, 2.24) is 9.80 Å². The summed E-state index contributed by atoms with van der Waals surface area (Å²) in [6.07, 6.45) is 8.21. The molecule has 0 radical (unpaired) electrons. The van der Waals surface area contributed by atoms with Gasteiger partial charge in [-0.1, -0.05) is 37.6 Å². The molecule has 12 heteroatoms. The number of aromatic carboxylic acids is 1. The molecule has 4 aromatic rings. The first-order chi connectivity index (χ1) is 26.6. The molecular weight excluding hydrogens is 723 g/mol. The highest BCUT2D eigenvalue weighted by molar-refractivity contribution is 7.17. The number of rotatable bonds is 13. The lowest BCUT2D eigenvalue weighted by Gasteiger charge is -2.41. The topological polar surface area (TPSA) is 119 Å². The van der Waals surface area contributed by atoms with Crippen molar-refractivity contribution in [3.8, 4) is 0 Å². The number of benzene rings is 3. The van der Waals surface area contributed by atoms with Gasteiger partial charge >= 0.3 is 5.97 Å². The van der Waals surface area contributed by atoms with Gasteiger partial charge in [0.2, 0.25) is 5.91 Å².